The van der Waals surface area contributed by atoms with Crippen LogP contribution in [0.15, 0.2) is 36.4 Å². The van der Waals surface area contributed by atoms with Gasteiger partial charge < -0.3 is 47.0 Å². The Labute approximate surface area is 367 Å². The predicted molar refractivity (Wildman–Crippen MR) is 239 cm³/mol. The van der Waals surface area contributed by atoms with Crippen LogP contribution in [0.25, 0.3) is 0 Å². The largest absolute Gasteiger partial charge is 0.355 e. The molecule has 6 rings (SSSR count). The molecule has 2 aliphatic heterocycles. The maximum Gasteiger partial charge on any atom is 0.246 e. The fourth-order valence-corrected chi connectivity index (χ4v) is 9.70. The quantitative estimate of drug-likeness (QED) is 0.132. The van der Waals surface area contributed by atoms with Crippen LogP contribution in [0.4, 0.5) is 11.4 Å². The van der Waals surface area contributed by atoms with E-state index in [1.807, 2.05) is 39.8 Å². The normalized spacial score (nSPS) is 22.3. The van der Waals surface area contributed by atoms with Gasteiger partial charge in [0.15, 0.2) is 0 Å². The summed E-state index contributed by atoms with van der Waals surface area (Å²) in [6.45, 7) is 10.4. The van der Waals surface area contributed by atoms with E-state index in [1.54, 1.807) is 30.8 Å². The van der Waals surface area contributed by atoms with Gasteiger partial charge in [0, 0.05) is 24.5 Å². The molecule has 0 spiro atoms. The highest BCUT2D eigenvalue weighted by Gasteiger charge is 2.41. The van der Waals surface area contributed by atoms with E-state index in [0.717, 1.165) is 78.6 Å². The Balaban J connectivity index is 1.14. The molecule has 0 bridgehead atoms. The number of nitrogens with one attached hydrogen (secondary N) is 7. The van der Waals surface area contributed by atoms with Crippen molar-refractivity contribution < 1.29 is 28.8 Å². The first-order chi connectivity index (χ1) is 29.7. The third kappa shape index (κ3) is 10.4. The molecule has 0 aromatic heterocycles. The summed E-state index contributed by atoms with van der Waals surface area (Å²) in [5, 5.41) is 21.9. The van der Waals surface area contributed by atoms with Crippen molar-refractivity contribution in [1.82, 2.24) is 41.7 Å². The van der Waals surface area contributed by atoms with Crippen molar-refractivity contribution in [2.24, 2.45) is 11.8 Å². The third-order valence-electron chi connectivity index (χ3n) is 13.2. The maximum atomic E-state index is 14.0. The van der Waals surface area contributed by atoms with E-state index in [4.69, 9.17) is 0 Å². The lowest BCUT2D eigenvalue weighted by Crippen LogP contribution is -2.57. The molecule has 338 valence electrons. The molecule has 0 saturated carbocycles. The molecular weight excluding hydrogens is 787 g/mol. The number of nitrogens with zero attached hydrogens (tertiary/aromatic N) is 2. The Morgan fingerprint density at radius 1 is 0.629 bits per heavy atom. The average molecular weight is 856 g/mol. The Morgan fingerprint density at radius 3 is 1.53 bits per heavy atom. The van der Waals surface area contributed by atoms with Gasteiger partial charge in [0.1, 0.15) is 24.2 Å². The highest BCUT2D eigenvalue weighted by Crippen LogP contribution is 2.39. The van der Waals surface area contributed by atoms with Crippen molar-refractivity contribution in [3.05, 3.63) is 58.7 Å². The van der Waals surface area contributed by atoms with Crippen LogP contribution in [-0.4, -0.2) is 109 Å². The van der Waals surface area contributed by atoms with Crippen LogP contribution in [0.3, 0.4) is 0 Å². The monoisotopic (exact) mass is 856 g/mol. The van der Waals surface area contributed by atoms with Crippen molar-refractivity contribution in [3.8, 4) is 0 Å². The summed E-state index contributed by atoms with van der Waals surface area (Å²) in [4.78, 5) is 84.1. The van der Waals surface area contributed by atoms with Gasteiger partial charge in [-0.25, -0.2) is 0 Å². The molecule has 2 aliphatic carbocycles. The number of carbonyl (C=O) groups excluding carboxylic acids is 6. The first kappa shape index (κ1) is 46.5. The molecule has 7 N–H and O–H groups in total. The first-order valence-corrected chi connectivity index (χ1v) is 22.9. The standard InChI is InChI=1S/C47H69N9O6/c1-27(2)41(53-40(57)26-48-6)46(61)55-24-12-22-38(55)44(59)51-36-20-10-14-30-32(36)16-8-18-34(30)50-35-19-9-17-33-31(35)15-11-21-37(33)52-45(60)39-23-13-25-56(39)47(62)42(28(3)4)54-43(58)29(5)49-7/h8-9,16-19,27-29,36-39,41-42,48-50H,10-15,20-26H2,1-7H3,(H,51,59)(H,52,60)(H,53,57)(H,54,58)/t29-,36+,37+,38-,39-,41?,42-/m0/s1. The van der Waals surface area contributed by atoms with E-state index in [9.17, 15) is 28.8 Å². The summed E-state index contributed by atoms with van der Waals surface area (Å²) in [6.07, 6.45) is 7.61. The second-order valence-electron chi connectivity index (χ2n) is 18.2. The molecule has 0 radical (unpaired) electrons. The van der Waals surface area contributed by atoms with Gasteiger partial charge in [-0.1, -0.05) is 52.0 Å². The number of hydrogen-bond acceptors (Lipinski definition) is 9. The molecule has 2 heterocycles. The summed E-state index contributed by atoms with van der Waals surface area (Å²) < 4.78 is 0. The summed E-state index contributed by atoms with van der Waals surface area (Å²) >= 11 is 0. The van der Waals surface area contributed by atoms with Gasteiger partial charge in [-0.2, -0.15) is 0 Å². The molecule has 15 nitrogen and oxygen atoms in total. The number of fused-ring (bicyclic) bond motifs is 2. The van der Waals surface area contributed by atoms with Crippen LogP contribution >= 0.6 is 0 Å². The number of benzene rings is 2. The van der Waals surface area contributed by atoms with Crippen LogP contribution in [0.5, 0.6) is 0 Å². The van der Waals surface area contributed by atoms with Crippen LogP contribution in [0.1, 0.15) is 120 Å². The minimum absolute atomic E-state index is 0.106. The second kappa shape index (κ2) is 20.9. The zero-order valence-corrected chi connectivity index (χ0v) is 37.7. The smallest absolute Gasteiger partial charge is 0.246 e. The van der Waals surface area contributed by atoms with Crippen molar-refractivity contribution >= 4 is 46.8 Å². The topological polar surface area (TPSA) is 193 Å². The SMILES string of the molecule is CNCC(=O)NC(C(=O)N1CCC[C@H]1C(=O)N[C@@H]1CCCc2c(Nc3cccc4c3CCC[C@H]4NC(=O)[C@@H]3CCCN3C(=O)[C@@H](NC(=O)[C@H](C)NC)C(C)C)cccc21)C(C)C. The highest BCUT2D eigenvalue weighted by molar-refractivity contribution is 5.94. The fraction of sp³-hybridized carbons (Fsp3) is 0.617. The molecule has 6 amide bonds. The summed E-state index contributed by atoms with van der Waals surface area (Å²) in [5.41, 5.74) is 6.38. The lowest BCUT2D eigenvalue weighted by atomic mass is 9.85. The van der Waals surface area contributed by atoms with Crippen LogP contribution < -0.4 is 37.2 Å². The Bertz CT molecular complexity index is 1970. The maximum absolute atomic E-state index is 14.0. The fourth-order valence-electron chi connectivity index (χ4n) is 9.70. The van der Waals surface area contributed by atoms with Gasteiger partial charge in [-0.05, 0) is 131 Å². The minimum Gasteiger partial charge on any atom is -0.355 e. The van der Waals surface area contributed by atoms with Gasteiger partial charge in [0.05, 0.1) is 24.7 Å². The second-order valence-corrected chi connectivity index (χ2v) is 18.2. The van der Waals surface area contributed by atoms with Crippen molar-refractivity contribution in [1.29, 1.82) is 0 Å². The van der Waals surface area contributed by atoms with Gasteiger partial charge in [-0.3, -0.25) is 28.8 Å². The highest BCUT2D eigenvalue weighted by atomic mass is 16.2. The van der Waals surface area contributed by atoms with Gasteiger partial charge in [0.25, 0.3) is 0 Å². The first-order valence-electron chi connectivity index (χ1n) is 22.9. The van der Waals surface area contributed by atoms with E-state index in [0.29, 0.717) is 32.4 Å². The van der Waals surface area contributed by atoms with E-state index in [2.05, 4.69) is 61.5 Å². The van der Waals surface area contributed by atoms with E-state index in [-0.39, 0.29) is 65.9 Å². The van der Waals surface area contributed by atoms with E-state index in [1.165, 1.54) is 0 Å². The van der Waals surface area contributed by atoms with Crippen LogP contribution in [0, 0.1) is 11.8 Å². The average Bonchev–Trinajstić information content (AvgIpc) is 3.96. The summed E-state index contributed by atoms with van der Waals surface area (Å²) in [5.74, 6) is -1.59. The number of hydrogen-bond donors (Lipinski definition) is 7. The summed E-state index contributed by atoms with van der Waals surface area (Å²) in [6, 6.07) is 8.82. The molecular formula is C47H69N9O6. The molecule has 2 aromatic rings. The van der Waals surface area contributed by atoms with E-state index >= 15 is 0 Å². The summed E-state index contributed by atoms with van der Waals surface area (Å²) in [7, 11) is 3.38. The zero-order chi connectivity index (χ0) is 44.7. The predicted octanol–water partition coefficient (Wildman–Crippen LogP) is 3.51. The lowest BCUT2D eigenvalue weighted by molar-refractivity contribution is -0.142. The Morgan fingerprint density at radius 2 is 1.10 bits per heavy atom. The molecule has 4 aliphatic rings. The van der Waals surface area contributed by atoms with Gasteiger partial charge >= 0.3 is 0 Å². The molecule has 2 fully saturated rings. The number of carbonyl (C=O) groups is 6. The number of likely N-dealkylation sites (N-methyl/N-ethyl adjacent to an activating group) is 2. The molecule has 1 unspecified atom stereocenters. The molecule has 7 atom stereocenters. The Hall–Kier alpha value is -5.02. The number of likely N-dealkylation sites (tertiary alicyclic amines) is 2. The van der Waals surface area contributed by atoms with Crippen molar-refractivity contribution in [3.63, 3.8) is 0 Å². The molecule has 2 saturated heterocycles. The van der Waals surface area contributed by atoms with Gasteiger partial charge in [-0.15, -0.1) is 0 Å². The minimum atomic E-state index is -0.730. The zero-order valence-electron chi connectivity index (χ0n) is 37.7. The number of rotatable bonds is 16. The molecule has 2 aromatic carbocycles. The van der Waals surface area contributed by atoms with Crippen LogP contribution in [-0.2, 0) is 41.6 Å². The van der Waals surface area contributed by atoms with Crippen molar-refractivity contribution in [2.45, 2.75) is 141 Å². The number of amides is 6. The van der Waals surface area contributed by atoms with Gasteiger partial charge in [0.2, 0.25) is 35.4 Å². The number of anilines is 2. The lowest BCUT2D eigenvalue weighted by Gasteiger charge is -2.34. The van der Waals surface area contributed by atoms with E-state index < -0.39 is 30.2 Å². The molecule has 62 heavy (non-hydrogen) atoms. The van der Waals surface area contributed by atoms with Crippen molar-refractivity contribution in [2.75, 3.05) is 39.0 Å². The van der Waals surface area contributed by atoms with Crippen LogP contribution in [0.2, 0.25) is 0 Å². The molecule has 15 heteroatoms. The third-order valence-corrected chi connectivity index (χ3v) is 13.2. The Kier molecular flexibility index (Phi) is 15.7.